The van der Waals surface area contributed by atoms with Crippen molar-refractivity contribution in [3.8, 4) is 11.6 Å². The summed E-state index contributed by atoms with van der Waals surface area (Å²) in [6.45, 7) is 2.98. The third-order valence-corrected chi connectivity index (χ3v) is 7.01. The summed E-state index contributed by atoms with van der Waals surface area (Å²) >= 11 is 0. The predicted octanol–water partition coefficient (Wildman–Crippen LogP) is 2.68. The van der Waals surface area contributed by atoms with Gasteiger partial charge in [0, 0.05) is 30.1 Å². The number of carbonyl (C=O) groups is 1. The Balaban J connectivity index is 1.32. The van der Waals surface area contributed by atoms with E-state index in [2.05, 4.69) is 25.4 Å². The number of halogens is 3. The van der Waals surface area contributed by atoms with Crippen LogP contribution in [0, 0.1) is 11.3 Å². The van der Waals surface area contributed by atoms with E-state index in [-0.39, 0.29) is 48.4 Å². The molecule has 2 unspecified atom stereocenters. The second-order valence-electron chi connectivity index (χ2n) is 9.76. The summed E-state index contributed by atoms with van der Waals surface area (Å²) in [6.07, 6.45) is 1.35. The van der Waals surface area contributed by atoms with Crippen LogP contribution in [-0.4, -0.2) is 72.1 Å². The fourth-order valence-electron chi connectivity index (χ4n) is 5.49. The number of amides is 1. The molecule has 0 spiro atoms. The maximum Gasteiger partial charge on any atom is 0.405 e. The van der Waals surface area contributed by atoms with Crippen molar-refractivity contribution in [2.45, 2.75) is 32.5 Å². The number of nitrogens with two attached hydrogens (primary N) is 1. The first-order valence-electron chi connectivity index (χ1n) is 11.8. The summed E-state index contributed by atoms with van der Waals surface area (Å²) in [5.74, 6) is 0.513. The van der Waals surface area contributed by atoms with Crippen molar-refractivity contribution in [3.63, 3.8) is 0 Å². The molecule has 194 valence electrons. The zero-order chi connectivity index (χ0) is 26.1. The van der Waals surface area contributed by atoms with Gasteiger partial charge in [-0.3, -0.25) is 4.79 Å². The van der Waals surface area contributed by atoms with Gasteiger partial charge >= 0.3 is 6.18 Å². The first kappa shape index (κ1) is 23.3. The van der Waals surface area contributed by atoms with Gasteiger partial charge in [0.25, 0.3) is 5.78 Å². The van der Waals surface area contributed by atoms with E-state index in [0.717, 1.165) is 0 Å². The highest BCUT2D eigenvalue weighted by molar-refractivity contribution is 5.88. The third kappa shape index (κ3) is 3.86. The maximum atomic E-state index is 13.6. The monoisotopic (exact) mass is 515 g/mol. The highest BCUT2D eigenvalue weighted by Crippen LogP contribution is 2.49. The van der Waals surface area contributed by atoms with Gasteiger partial charge < -0.3 is 25.3 Å². The van der Waals surface area contributed by atoms with Crippen LogP contribution < -0.4 is 11.1 Å². The van der Waals surface area contributed by atoms with Gasteiger partial charge in [0.2, 0.25) is 23.6 Å². The Morgan fingerprint density at radius 1 is 1.27 bits per heavy atom. The van der Waals surface area contributed by atoms with Crippen molar-refractivity contribution in [1.29, 1.82) is 0 Å². The van der Waals surface area contributed by atoms with Crippen LogP contribution in [0.1, 0.15) is 20.3 Å². The van der Waals surface area contributed by atoms with Crippen molar-refractivity contribution < 1.29 is 22.4 Å². The molecule has 14 heteroatoms. The number of nitrogens with zero attached hydrogens (tertiary/aromatic N) is 7. The zero-order valence-electron chi connectivity index (χ0n) is 20.0. The second kappa shape index (κ2) is 7.95. The molecule has 3 aromatic heterocycles. The molecule has 3 N–H and O–H groups in total. The van der Waals surface area contributed by atoms with E-state index in [4.69, 9.17) is 10.2 Å². The van der Waals surface area contributed by atoms with E-state index in [0.29, 0.717) is 23.6 Å². The molecule has 11 nitrogen and oxygen atoms in total. The lowest BCUT2D eigenvalue weighted by Crippen LogP contribution is -2.59. The summed E-state index contributed by atoms with van der Waals surface area (Å²) in [5, 5.41) is 7.34. The van der Waals surface area contributed by atoms with Crippen molar-refractivity contribution in [3.05, 3.63) is 41.9 Å². The van der Waals surface area contributed by atoms with E-state index in [1.54, 1.807) is 17.0 Å². The van der Waals surface area contributed by atoms with Crippen LogP contribution in [0.3, 0.4) is 0 Å². The smallest absolute Gasteiger partial charge is 0.405 e. The molecule has 3 atom stereocenters. The number of piperidine rings is 1. The Morgan fingerprint density at radius 2 is 2.08 bits per heavy atom. The average Bonchev–Trinajstić information content (AvgIpc) is 3.49. The number of rotatable bonds is 4. The van der Waals surface area contributed by atoms with E-state index < -0.39 is 24.2 Å². The van der Waals surface area contributed by atoms with Gasteiger partial charge in [-0.15, -0.1) is 5.10 Å². The van der Waals surface area contributed by atoms with Crippen LogP contribution >= 0.6 is 0 Å². The summed E-state index contributed by atoms with van der Waals surface area (Å²) in [6, 6.07) is 2.68. The number of furan rings is 1. The second-order valence-corrected chi connectivity index (χ2v) is 9.76. The van der Waals surface area contributed by atoms with Crippen molar-refractivity contribution in [2.24, 2.45) is 11.3 Å². The molecular formula is C23H24F3N9O2. The lowest BCUT2D eigenvalue weighted by atomic mass is 9.70. The molecule has 3 aliphatic rings. The molecule has 2 aliphatic heterocycles. The number of carbonyl (C=O) groups excluding carboxylic acids is 1. The molecule has 5 heterocycles. The number of alkyl halides is 3. The summed E-state index contributed by atoms with van der Waals surface area (Å²) in [7, 11) is 0. The minimum absolute atomic E-state index is 0.0160. The molecule has 1 aliphatic carbocycles. The highest BCUT2D eigenvalue weighted by atomic mass is 19.4. The number of aromatic nitrogens is 5. The number of nitrogens with one attached hydrogen (secondary N) is 1. The standard InChI is InChI=1S/C23H24F3N9O2/c1-12-5-6-22(2)10-13(18(36)34-8-7-33(11-23(24,25)26)15(12)16(22)34)28-20-30-19(27)35-21(31-20)29-17(32-35)14-4-3-9-37-14/h3-6,9,12-13H,7-8,10-11H2,1-2H3,(H3,27,28,29,30,31,32)/t12?,13-,22?/m0/s1. The van der Waals surface area contributed by atoms with Crippen LogP contribution in [0.4, 0.5) is 25.1 Å². The molecular weight excluding hydrogens is 491 g/mol. The van der Waals surface area contributed by atoms with Crippen LogP contribution in [0.5, 0.6) is 0 Å². The predicted molar refractivity (Wildman–Crippen MR) is 125 cm³/mol. The molecule has 0 aromatic carbocycles. The zero-order valence-corrected chi connectivity index (χ0v) is 20.0. The molecule has 3 aromatic rings. The van der Waals surface area contributed by atoms with Crippen LogP contribution in [0.15, 0.2) is 46.4 Å². The van der Waals surface area contributed by atoms with Gasteiger partial charge in [-0.05, 0) is 18.6 Å². The van der Waals surface area contributed by atoms with Gasteiger partial charge in [-0.1, -0.05) is 26.0 Å². The van der Waals surface area contributed by atoms with Crippen molar-refractivity contribution in [1.82, 2.24) is 34.4 Å². The fourth-order valence-corrected chi connectivity index (χ4v) is 5.49. The average molecular weight is 516 g/mol. The molecule has 0 saturated carbocycles. The molecule has 1 amide bonds. The van der Waals surface area contributed by atoms with Gasteiger partial charge in [0.05, 0.1) is 12.0 Å². The maximum absolute atomic E-state index is 13.6. The fraction of sp³-hybridized carbons (Fsp3) is 0.435. The third-order valence-electron chi connectivity index (χ3n) is 7.01. The quantitative estimate of drug-likeness (QED) is 0.504. The van der Waals surface area contributed by atoms with Gasteiger partial charge in [0.15, 0.2) is 5.76 Å². The van der Waals surface area contributed by atoms with Crippen molar-refractivity contribution in [2.75, 3.05) is 30.7 Å². The van der Waals surface area contributed by atoms with Gasteiger partial charge in [0.1, 0.15) is 12.6 Å². The summed E-state index contributed by atoms with van der Waals surface area (Å²) < 4.78 is 46.5. The summed E-state index contributed by atoms with van der Waals surface area (Å²) in [4.78, 5) is 29.5. The van der Waals surface area contributed by atoms with Crippen LogP contribution in [0.2, 0.25) is 0 Å². The van der Waals surface area contributed by atoms with Crippen molar-refractivity contribution >= 4 is 23.6 Å². The van der Waals surface area contributed by atoms with Crippen LogP contribution in [-0.2, 0) is 4.79 Å². The Kier molecular flexibility index (Phi) is 5.01. The Hall–Kier alpha value is -4.10. The summed E-state index contributed by atoms with van der Waals surface area (Å²) in [5.41, 5.74) is 6.62. The van der Waals surface area contributed by atoms with E-state index in [9.17, 15) is 18.0 Å². The Bertz CT molecular complexity index is 1450. The number of fused-ring (bicyclic) bond motifs is 1. The SMILES string of the molecule is CC1C=CC2(C)C[C@H](Nc3nc(N)n4nc(-c5ccco5)nc4n3)C(=O)N3CCN(CC(F)(F)F)C1=C32. The minimum Gasteiger partial charge on any atom is -0.461 e. The normalized spacial score (nSPS) is 25.7. The number of hydrogen-bond donors (Lipinski definition) is 2. The number of hydrogen-bond acceptors (Lipinski definition) is 9. The topological polar surface area (TPSA) is 131 Å². The molecule has 6 rings (SSSR count). The number of anilines is 2. The van der Waals surface area contributed by atoms with E-state index in [1.165, 1.54) is 15.7 Å². The number of nitrogen functional groups attached to an aromatic ring is 1. The molecule has 37 heavy (non-hydrogen) atoms. The molecule has 1 fully saturated rings. The lowest BCUT2D eigenvalue weighted by Gasteiger charge is -2.53. The minimum atomic E-state index is -4.34. The largest absolute Gasteiger partial charge is 0.461 e. The lowest BCUT2D eigenvalue weighted by molar-refractivity contribution is -0.147. The Morgan fingerprint density at radius 3 is 2.81 bits per heavy atom. The highest BCUT2D eigenvalue weighted by Gasteiger charge is 2.51. The van der Waals surface area contributed by atoms with E-state index >= 15 is 0 Å². The Labute approximate surface area is 208 Å². The van der Waals surface area contributed by atoms with Gasteiger partial charge in [-0.25, -0.2) is 0 Å². The first-order valence-corrected chi connectivity index (χ1v) is 11.8. The molecule has 0 radical (unpaired) electrons. The molecule has 0 bridgehead atoms. The van der Waals surface area contributed by atoms with E-state index in [1.807, 2.05) is 26.0 Å². The number of allylic oxidation sites excluding steroid dienone is 2. The van der Waals surface area contributed by atoms with Crippen LogP contribution in [0.25, 0.3) is 17.4 Å². The van der Waals surface area contributed by atoms with Gasteiger partial charge in [-0.2, -0.15) is 32.6 Å². The first-order chi connectivity index (χ1) is 17.5. The molecule has 1 saturated heterocycles.